The smallest absolute Gasteiger partial charge is 0.405 e. The van der Waals surface area contributed by atoms with Crippen molar-refractivity contribution in [1.29, 1.82) is 0 Å². The van der Waals surface area contributed by atoms with Gasteiger partial charge in [0.05, 0.1) is 74.1 Å². The van der Waals surface area contributed by atoms with E-state index in [9.17, 15) is 33.9 Å². The number of aliphatic hydroxyl groups is 1. The number of aliphatic imine (C=N–C) groups is 4. The fourth-order valence-corrected chi connectivity index (χ4v) is 32.7. The number of nitrogens with two attached hydrogens (primary N) is 1. The summed E-state index contributed by atoms with van der Waals surface area (Å²) in [6.45, 7) is 37.3. The van der Waals surface area contributed by atoms with Gasteiger partial charge in [-0.3, -0.25) is 28.9 Å². The third-order valence-corrected chi connectivity index (χ3v) is 41.5. The molecule has 0 radical (unpaired) electrons. The van der Waals surface area contributed by atoms with E-state index in [0.717, 1.165) is 175 Å². The highest BCUT2D eigenvalue weighted by Gasteiger charge is 2.53. The molecule has 11 N–H and O–H groups in total. The van der Waals surface area contributed by atoms with Crippen LogP contribution < -0.4 is 63.8 Å². The first-order chi connectivity index (χ1) is 67.8. The van der Waals surface area contributed by atoms with Crippen LogP contribution in [0.4, 0.5) is 4.79 Å². The van der Waals surface area contributed by atoms with Crippen LogP contribution in [0.5, 0.6) is 0 Å². The second-order valence-electron chi connectivity index (χ2n) is 41.6. The molecule has 768 valence electrons. The fraction of sp³-hybridized carbons (Fsp3) is 0.589. The second-order valence-corrected chi connectivity index (χ2v) is 52.4. The van der Waals surface area contributed by atoms with Gasteiger partial charge in [-0.1, -0.05) is 214 Å². The number of thioether (sulfide) groups is 2. The number of amides is 4. The number of rotatable bonds is 39. The highest BCUT2D eigenvalue weighted by molar-refractivity contribution is 7.99. The molecular formula is C107H158N18O12S2Si2. The van der Waals surface area contributed by atoms with E-state index in [1.807, 2.05) is 55.3 Å². The summed E-state index contributed by atoms with van der Waals surface area (Å²) >= 11 is 3.90. The van der Waals surface area contributed by atoms with Crippen LogP contribution in [0.25, 0.3) is 0 Å². The lowest BCUT2D eigenvalue weighted by atomic mass is 9.85. The Kier molecular flexibility index (Phi) is 39.9. The SMILES string of the molecule is C=C/C(=C\C=C/C)[Si](OC[C@H]1CCN2CC[C@H](CSC[C@H]3CCN4CC[C@H](CNC(=O)CN(CCCCCCNC5=C6C[C@@H](C)C[C@H](OC)[C@H](O)[C@@H](C)/C=C(\C)[C@H](OC(N)=O)[C@@H](OC)/C=C\C=C(/C)C(=O)NC(=CC5=O)C6=O)CC(=O)NC[C@H]5CCN6CC[C@H](CSC[C@H]7CCN8CC[C@H](CO[Si](c9ccccc9)(c9ccccc9)C(C)(C)C)N=C8N7)N=C6N5)NC4=N3)NC2=N1)(c1ccccc1)C(C)(C)C. The molecule has 15 atom stereocenters. The Hall–Kier alpha value is -9.63. The van der Waals surface area contributed by atoms with Crippen molar-refractivity contribution in [2.75, 3.05) is 142 Å². The van der Waals surface area contributed by atoms with E-state index in [0.29, 0.717) is 63.8 Å². The van der Waals surface area contributed by atoms with Gasteiger partial charge in [0, 0.05) is 157 Å². The van der Waals surface area contributed by atoms with Gasteiger partial charge in [0.1, 0.15) is 6.10 Å². The lowest BCUT2D eigenvalue weighted by molar-refractivity contribution is -0.125. The lowest BCUT2D eigenvalue weighted by Crippen LogP contribution is -2.67. The summed E-state index contributed by atoms with van der Waals surface area (Å²) in [5, 5.41) is 44.1. The minimum atomic E-state index is -2.82. The summed E-state index contributed by atoms with van der Waals surface area (Å²) < 4.78 is 31.9. The van der Waals surface area contributed by atoms with Gasteiger partial charge >= 0.3 is 6.09 Å². The van der Waals surface area contributed by atoms with Gasteiger partial charge in [-0.15, -0.1) is 0 Å². The molecule has 30 nitrogen and oxygen atoms in total. The molecular weight excluding hydrogens is 1850 g/mol. The number of primary amides is 1. The maximum atomic E-state index is 14.6. The summed E-state index contributed by atoms with van der Waals surface area (Å²) in [5.41, 5.74) is 6.49. The van der Waals surface area contributed by atoms with Crippen LogP contribution in [-0.4, -0.2) is 320 Å². The molecule has 3 aromatic rings. The number of ether oxygens (including phenoxy) is 3. The molecule has 1 aliphatic carbocycles. The van der Waals surface area contributed by atoms with Gasteiger partial charge < -0.3 is 96.0 Å². The molecule has 4 fully saturated rings. The Morgan fingerprint density at radius 1 is 0.624 bits per heavy atom. The molecule has 4 amide bonds. The van der Waals surface area contributed by atoms with Crippen molar-refractivity contribution in [3.05, 3.63) is 186 Å². The molecule has 0 spiro atoms. The molecule has 13 rings (SSSR count). The summed E-state index contributed by atoms with van der Waals surface area (Å²) in [7, 11) is -2.59. The zero-order valence-corrected chi connectivity index (χ0v) is 89.2. The van der Waals surface area contributed by atoms with E-state index >= 15 is 0 Å². The summed E-state index contributed by atoms with van der Waals surface area (Å²) in [4.78, 5) is 116. The highest BCUT2D eigenvalue weighted by atomic mass is 32.2. The predicted octanol–water partition coefficient (Wildman–Crippen LogP) is 9.56. The average molecular weight is 2010 g/mol. The number of aliphatic hydroxyl groups excluding tert-OH is 1. The minimum absolute atomic E-state index is 0.0131. The number of guanidine groups is 4. The third-order valence-electron chi connectivity index (χ3n) is 29.0. The van der Waals surface area contributed by atoms with Crippen molar-refractivity contribution >= 4 is 115 Å². The molecule has 9 heterocycles. The van der Waals surface area contributed by atoms with Crippen LogP contribution in [0.3, 0.4) is 0 Å². The van der Waals surface area contributed by atoms with E-state index in [-0.39, 0.29) is 119 Å². The number of Topliss-reactive ketones (excluding diaryl/α,β-unsaturated/α-hetero) is 1. The number of methoxy groups -OCH3 is 2. The number of nitrogens with zero attached hydrogens (tertiary/aromatic N) is 9. The molecule has 9 aliphatic heterocycles. The molecule has 2 bridgehead atoms. The van der Waals surface area contributed by atoms with Crippen molar-refractivity contribution < 1.29 is 56.9 Å². The zero-order chi connectivity index (χ0) is 100. The van der Waals surface area contributed by atoms with Crippen molar-refractivity contribution in [2.45, 2.75) is 249 Å². The molecule has 0 aromatic heterocycles. The molecule has 1 unspecified atom stereocenters. The lowest BCUT2D eigenvalue weighted by Gasteiger charge is -2.45. The Morgan fingerprint density at radius 2 is 1.11 bits per heavy atom. The van der Waals surface area contributed by atoms with E-state index < -0.39 is 70.5 Å². The Bertz CT molecular complexity index is 5060. The number of allylic oxidation sites excluding steroid dienone is 9. The van der Waals surface area contributed by atoms with Crippen LogP contribution >= 0.6 is 23.5 Å². The van der Waals surface area contributed by atoms with Crippen molar-refractivity contribution in [3.8, 4) is 0 Å². The zero-order valence-electron chi connectivity index (χ0n) is 85.5. The van der Waals surface area contributed by atoms with Crippen LogP contribution in [0.2, 0.25) is 10.1 Å². The number of hydrogen-bond donors (Lipinski definition) is 10. The summed E-state index contributed by atoms with van der Waals surface area (Å²) in [6.07, 6.45) is 22.1. The summed E-state index contributed by atoms with van der Waals surface area (Å²) in [5.74, 6) is 4.67. The van der Waals surface area contributed by atoms with Gasteiger partial charge in [0.2, 0.25) is 23.4 Å². The standard InChI is InChI=1S/C107H158N18O12S2Si2/c1-15-17-33-85(16-2)140(106(7,8)9,86-34-23-20-24-35-86)135-67-79-43-53-124-57-47-83(118-104(124)114-79)71-138-69-81-45-55-122-51-41-77(112-102(122)116-81)63-110-94(127)65-121(50-30-19-18-29-49-109-96-89-59-73(3)60-93(134-14)97(129)75(5)61-76(6)99(137-101(108)132)92(133-13)40-31-32-74(4)100(131)120-90(98(89)130)62-91(96)126)66-95(128)111-64-78-42-52-123-56-46-82(117-103(123)113-78)70-139-72-84-48-58-125-54-44-80(115-105(125)119-84)68-136-141(107(10,11)12,87-36-25-21-26-37-87)88-38-27-22-28-39-88/h15-17,20-28,31-40,61-62,73,75,77-84,92-93,97,99,109,129H,2,18-19,29-30,41-60,63-72H2,1,3-14H3,(H2,108,132)(H,110,127)(H,111,128)(H,112,116)(H,113,117)(H,114,118)(H,115,119)(H,120,131)/b17-15-,40-31-,74-32+,76-61+,85-33+/t73-,75+,77-,78-,79-,80-,81-,82-,83-,84-,92+,93+,97-,99+,140?/m1/s1. The van der Waals surface area contributed by atoms with Gasteiger partial charge in [-0.25, -0.2) is 24.8 Å². The van der Waals surface area contributed by atoms with Gasteiger partial charge in [0.25, 0.3) is 22.5 Å². The van der Waals surface area contributed by atoms with Crippen LogP contribution in [0, 0.1) is 11.8 Å². The van der Waals surface area contributed by atoms with E-state index in [2.05, 4.69) is 219 Å². The van der Waals surface area contributed by atoms with E-state index in [1.54, 1.807) is 32.1 Å². The topological polar surface area (TPSA) is 357 Å². The van der Waals surface area contributed by atoms with Crippen LogP contribution in [0.1, 0.15) is 166 Å². The largest absolute Gasteiger partial charge is 0.439 e. The maximum Gasteiger partial charge on any atom is 0.405 e. The number of carbonyl (C=O) groups excluding carboxylic acids is 6. The number of unbranched alkanes of at least 4 members (excludes halogenated alkanes) is 3. The van der Waals surface area contributed by atoms with Crippen molar-refractivity contribution in [2.24, 2.45) is 37.5 Å². The van der Waals surface area contributed by atoms with Crippen LogP contribution in [-0.2, 0) is 47.0 Å². The number of nitrogens with one attached hydrogen (secondary N) is 8. The first-order valence-electron chi connectivity index (χ1n) is 51.4. The van der Waals surface area contributed by atoms with E-state index in [1.165, 1.54) is 35.9 Å². The second kappa shape index (κ2) is 51.7. The van der Waals surface area contributed by atoms with Crippen LogP contribution in [0.15, 0.2) is 206 Å². The van der Waals surface area contributed by atoms with Crippen molar-refractivity contribution in [3.63, 3.8) is 0 Å². The molecule has 10 aliphatic rings. The minimum Gasteiger partial charge on any atom is -0.439 e. The van der Waals surface area contributed by atoms with E-state index in [4.69, 9.17) is 48.8 Å². The molecule has 34 heteroatoms. The Labute approximate surface area is 847 Å². The van der Waals surface area contributed by atoms with Gasteiger partial charge in [-0.05, 0) is 147 Å². The molecule has 3 aromatic carbocycles. The highest BCUT2D eigenvalue weighted by Crippen LogP contribution is 2.44. The average Bonchev–Trinajstić information content (AvgIpc) is 0.778. The van der Waals surface area contributed by atoms with Gasteiger partial charge in [-0.2, -0.15) is 23.5 Å². The Balaban J connectivity index is 0.610. The van der Waals surface area contributed by atoms with Crippen molar-refractivity contribution in [1.82, 2.24) is 67.0 Å². The number of carbonyl (C=O) groups is 6. The normalized spacial score (nSPS) is 27.1. The first-order valence-corrected chi connectivity index (χ1v) is 57.5. The molecule has 0 saturated carbocycles. The maximum absolute atomic E-state index is 14.6. The quantitative estimate of drug-likeness (QED) is 0.00835. The monoisotopic (exact) mass is 2010 g/mol. The first kappa shape index (κ1) is 109. The number of hydrogen-bond acceptors (Lipinski definition) is 28. The fourth-order valence-electron chi connectivity index (χ4n) is 21.1. The molecule has 4 saturated heterocycles. The number of ketones is 2. The number of fused-ring (bicyclic) bond motifs is 6. The molecule has 141 heavy (non-hydrogen) atoms. The predicted molar refractivity (Wildman–Crippen MR) is 573 cm³/mol. The number of benzene rings is 3. The Morgan fingerprint density at radius 3 is 1.60 bits per heavy atom. The third kappa shape index (κ3) is 29.0. The summed E-state index contributed by atoms with van der Waals surface area (Å²) in [6, 6.07) is 33.3. The van der Waals surface area contributed by atoms with Gasteiger partial charge in [0.15, 0.2) is 29.9 Å².